The van der Waals surface area contributed by atoms with Gasteiger partial charge in [-0.05, 0) is 12.1 Å². The van der Waals surface area contributed by atoms with Crippen LogP contribution in [0.5, 0.6) is 0 Å². The molecule has 0 aromatic heterocycles. The van der Waals surface area contributed by atoms with Crippen LogP contribution in [0, 0.1) is 15.9 Å². The predicted octanol–water partition coefficient (Wildman–Crippen LogP) is 1.91. The van der Waals surface area contributed by atoms with Crippen LogP contribution in [0.3, 0.4) is 0 Å². The fourth-order valence-corrected chi connectivity index (χ4v) is 0.923. The van der Waals surface area contributed by atoms with Gasteiger partial charge in [-0.3, -0.25) is 15.4 Å². The van der Waals surface area contributed by atoms with Crippen molar-refractivity contribution >= 4 is 17.5 Å². The maximum Gasteiger partial charge on any atom is 0.411 e. The first kappa shape index (κ1) is 10.9. The number of methoxy groups -OCH3 is 1. The number of nitrogens with zero attached hydrogens (tertiary/aromatic N) is 1. The Bertz CT molecular complexity index is 408. The minimum Gasteiger partial charge on any atom is -0.453 e. The van der Waals surface area contributed by atoms with E-state index in [1.165, 1.54) is 0 Å². The quantitative estimate of drug-likeness (QED) is 0.602. The van der Waals surface area contributed by atoms with Crippen LogP contribution < -0.4 is 5.32 Å². The molecule has 0 aliphatic carbocycles. The minimum absolute atomic E-state index is 0.117. The number of benzene rings is 1. The van der Waals surface area contributed by atoms with E-state index >= 15 is 0 Å². The lowest BCUT2D eigenvalue weighted by Crippen LogP contribution is -2.12. The highest BCUT2D eigenvalue weighted by Gasteiger charge is 2.16. The number of carbonyl (C=O) groups is 1. The first-order valence-electron chi connectivity index (χ1n) is 3.83. The van der Waals surface area contributed by atoms with Crippen LogP contribution in [0.15, 0.2) is 18.2 Å². The first-order chi connectivity index (χ1) is 7.04. The Hall–Kier alpha value is -2.18. The van der Waals surface area contributed by atoms with Gasteiger partial charge in [-0.2, -0.15) is 0 Å². The number of nitrogens with one attached hydrogen (secondary N) is 1. The fourth-order valence-electron chi connectivity index (χ4n) is 0.923. The zero-order valence-electron chi connectivity index (χ0n) is 7.69. The maximum absolute atomic E-state index is 12.7. The van der Waals surface area contributed by atoms with Crippen molar-refractivity contribution in [2.75, 3.05) is 12.4 Å². The highest BCUT2D eigenvalue weighted by Crippen LogP contribution is 2.24. The number of halogens is 1. The second-order valence-corrected chi connectivity index (χ2v) is 2.54. The van der Waals surface area contributed by atoms with Gasteiger partial charge in [0.05, 0.1) is 18.1 Å². The molecule has 6 nitrogen and oxygen atoms in total. The molecule has 1 aromatic carbocycles. The zero-order chi connectivity index (χ0) is 11.4. The molecule has 0 saturated heterocycles. The Balaban J connectivity index is 3.06. The molecule has 15 heavy (non-hydrogen) atoms. The molecule has 0 saturated carbocycles. The molecular weight excluding hydrogens is 207 g/mol. The summed E-state index contributed by atoms with van der Waals surface area (Å²) in [6, 6.07) is 2.80. The molecule has 0 radical (unpaired) electrons. The standard InChI is InChI=1S/C8H7FN2O4/c1-15-8(12)10-6-3-2-5(9)4-7(6)11(13)14/h2-4H,1H3,(H,10,12). The van der Waals surface area contributed by atoms with Crippen molar-refractivity contribution < 1.29 is 18.8 Å². The summed E-state index contributed by atoms with van der Waals surface area (Å²) < 4.78 is 16.9. The molecule has 0 heterocycles. The Labute approximate surface area is 83.8 Å². The minimum atomic E-state index is -0.857. The summed E-state index contributed by atoms with van der Waals surface area (Å²) in [5.74, 6) is -0.753. The molecule has 80 valence electrons. The van der Waals surface area contributed by atoms with Crippen molar-refractivity contribution in [2.45, 2.75) is 0 Å². The Morgan fingerprint density at radius 2 is 2.27 bits per heavy atom. The maximum atomic E-state index is 12.7. The van der Waals surface area contributed by atoms with E-state index < -0.39 is 22.5 Å². The number of hydrogen-bond donors (Lipinski definition) is 1. The number of nitro benzene ring substituents is 1. The highest BCUT2D eigenvalue weighted by molar-refractivity contribution is 5.87. The SMILES string of the molecule is COC(=O)Nc1ccc(F)cc1[N+](=O)[O-]. The van der Waals surface area contributed by atoms with E-state index in [1.54, 1.807) is 0 Å². The molecule has 0 aliphatic heterocycles. The number of carbonyl (C=O) groups excluding carboxylic acids is 1. The van der Waals surface area contributed by atoms with Crippen LogP contribution in [0.1, 0.15) is 0 Å². The van der Waals surface area contributed by atoms with Gasteiger partial charge in [0.1, 0.15) is 11.5 Å². The largest absolute Gasteiger partial charge is 0.453 e. The molecule has 1 aromatic rings. The van der Waals surface area contributed by atoms with Crippen molar-refractivity contribution in [3.8, 4) is 0 Å². The van der Waals surface area contributed by atoms with Crippen LogP contribution >= 0.6 is 0 Å². The van der Waals surface area contributed by atoms with E-state index in [1.807, 2.05) is 0 Å². The predicted molar refractivity (Wildman–Crippen MR) is 49.1 cm³/mol. The first-order valence-corrected chi connectivity index (χ1v) is 3.83. The summed E-state index contributed by atoms with van der Waals surface area (Å²) in [6.07, 6.45) is -0.857. The smallest absolute Gasteiger partial charge is 0.411 e. The Morgan fingerprint density at radius 1 is 1.60 bits per heavy atom. The topological polar surface area (TPSA) is 81.5 Å². The van der Waals surface area contributed by atoms with Crippen molar-refractivity contribution in [2.24, 2.45) is 0 Å². The van der Waals surface area contributed by atoms with Gasteiger partial charge >= 0.3 is 6.09 Å². The third-order valence-electron chi connectivity index (χ3n) is 1.58. The van der Waals surface area contributed by atoms with Gasteiger partial charge in [0.2, 0.25) is 0 Å². The number of amides is 1. The van der Waals surface area contributed by atoms with E-state index in [9.17, 15) is 19.3 Å². The van der Waals surface area contributed by atoms with Crippen LogP contribution in [0.2, 0.25) is 0 Å². The van der Waals surface area contributed by atoms with E-state index in [2.05, 4.69) is 10.1 Å². The zero-order valence-corrected chi connectivity index (χ0v) is 7.69. The summed E-state index contributed by atoms with van der Waals surface area (Å²) in [7, 11) is 1.12. The third kappa shape index (κ3) is 2.63. The van der Waals surface area contributed by atoms with Crippen LogP contribution in [-0.4, -0.2) is 18.1 Å². The van der Waals surface area contributed by atoms with Crippen molar-refractivity contribution in [3.63, 3.8) is 0 Å². The number of nitro groups is 1. The van der Waals surface area contributed by atoms with E-state index in [0.29, 0.717) is 6.07 Å². The molecule has 0 spiro atoms. The van der Waals surface area contributed by atoms with Gasteiger partial charge in [-0.1, -0.05) is 0 Å². The summed E-state index contributed by atoms with van der Waals surface area (Å²) in [5.41, 5.74) is -0.645. The summed E-state index contributed by atoms with van der Waals surface area (Å²) >= 11 is 0. The van der Waals surface area contributed by atoms with Crippen molar-refractivity contribution in [3.05, 3.63) is 34.1 Å². The van der Waals surface area contributed by atoms with Gasteiger partial charge in [-0.15, -0.1) is 0 Å². The molecule has 0 fully saturated rings. The second kappa shape index (κ2) is 4.36. The Kier molecular flexibility index (Phi) is 3.17. The normalized spacial score (nSPS) is 9.47. The van der Waals surface area contributed by atoms with Gasteiger partial charge in [0.15, 0.2) is 0 Å². The summed E-state index contributed by atoms with van der Waals surface area (Å²) in [4.78, 5) is 20.5. The van der Waals surface area contributed by atoms with Gasteiger partial charge in [0, 0.05) is 0 Å². The van der Waals surface area contributed by atoms with Crippen molar-refractivity contribution in [1.82, 2.24) is 0 Å². The highest BCUT2D eigenvalue weighted by atomic mass is 19.1. The lowest BCUT2D eigenvalue weighted by Gasteiger charge is -2.03. The van der Waals surface area contributed by atoms with Crippen LogP contribution in [0.4, 0.5) is 20.6 Å². The number of rotatable bonds is 2. The third-order valence-corrected chi connectivity index (χ3v) is 1.58. The molecular formula is C8H7FN2O4. The molecule has 0 aliphatic rings. The van der Waals surface area contributed by atoms with Gasteiger partial charge < -0.3 is 4.74 Å². The van der Waals surface area contributed by atoms with E-state index in [0.717, 1.165) is 19.2 Å². The molecule has 1 rings (SSSR count). The number of anilines is 1. The number of ether oxygens (including phenoxy) is 1. The average molecular weight is 214 g/mol. The van der Waals surface area contributed by atoms with Gasteiger partial charge in [-0.25, -0.2) is 9.18 Å². The van der Waals surface area contributed by atoms with E-state index in [-0.39, 0.29) is 5.69 Å². The molecule has 1 N–H and O–H groups in total. The summed E-state index contributed by atoms with van der Waals surface area (Å²) in [6.45, 7) is 0. The monoisotopic (exact) mass is 214 g/mol. The Morgan fingerprint density at radius 3 is 2.80 bits per heavy atom. The lowest BCUT2D eigenvalue weighted by atomic mass is 10.2. The van der Waals surface area contributed by atoms with Gasteiger partial charge in [0.25, 0.3) is 5.69 Å². The average Bonchev–Trinajstić information content (AvgIpc) is 2.20. The fraction of sp³-hybridized carbons (Fsp3) is 0.125. The summed E-state index contributed by atoms with van der Waals surface area (Å²) in [5, 5.41) is 12.6. The second-order valence-electron chi connectivity index (χ2n) is 2.54. The van der Waals surface area contributed by atoms with Crippen molar-refractivity contribution in [1.29, 1.82) is 0 Å². The molecule has 1 amide bonds. The molecule has 0 bridgehead atoms. The number of hydrogen-bond acceptors (Lipinski definition) is 4. The van der Waals surface area contributed by atoms with E-state index in [4.69, 9.17) is 0 Å². The lowest BCUT2D eigenvalue weighted by molar-refractivity contribution is -0.384. The molecule has 0 atom stereocenters. The molecule has 7 heteroatoms. The molecule has 0 unspecified atom stereocenters. The van der Waals surface area contributed by atoms with Crippen LogP contribution in [0.25, 0.3) is 0 Å². The van der Waals surface area contributed by atoms with Crippen LogP contribution in [-0.2, 0) is 4.74 Å².